The zero-order valence-corrected chi connectivity index (χ0v) is 26.6. The number of hydrogen-bond acceptors (Lipinski definition) is 7. The summed E-state index contributed by atoms with van der Waals surface area (Å²) in [7, 11) is 0. The van der Waals surface area contributed by atoms with Crippen molar-refractivity contribution in [2.45, 2.75) is 58.0 Å². The van der Waals surface area contributed by atoms with Gasteiger partial charge in [-0.25, -0.2) is 4.68 Å². The number of carbonyl (C=O) groups excluding carboxylic acids is 1. The van der Waals surface area contributed by atoms with Gasteiger partial charge < -0.3 is 20.1 Å². The fraction of sp³-hybridized carbons (Fsp3) is 0.303. The van der Waals surface area contributed by atoms with Gasteiger partial charge in [0.05, 0.1) is 18.8 Å². The van der Waals surface area contributed by atoms with Crippen LogP contribution in [0, 0.1) is 13.8 Å². The third kappa shape index (κ3) is 6.84. The zero-order valence-electron chi connectivity index (χ0n) is 25.0. The van der Waals surface area contributed by atoms with Crippen LogP contribution in [0.15, 0.2) is 77.1 Å². The number of fused-ring (bicyclic) bond motifs is 1. The van der Waals surface area contributed by atoms with E-state index in [1.165, 1.54) is 11.8 Å². The first-order valence-electron chi connectivity index (χ1n) is 14.4. The number of thioether (sulfide) groups is 1. The highest BCUT2D eigenvalue weighted by Gasteiger charge is 2.35. The van der Waals surface area contributed by atoms with Crippen molar-refractivity contribution in [3.63, 3.8) is 0 Å². The van der Waals surface area contributed by atoms with Crippen LogP contribution in [0.1, 0.15) is 55.5 Å². The molecule has 8 nitrogen and oxygen atoms in total. The highest BCUT2D eigenvalue weighted by Crippen LogP contribution is 2.40. The first-order chi connectivity index (χ1) is 20.8. The Morgan fingerprint density at radius 1 is 1.05 bits per heavy atom. The third-order valence-corrected chi connectivity index (χ3v) is 8.32. The van der Waals surface area contributed by atoms with Gasteiger partial charge in [0, 0.05) is 22.2 Å². The van der Waals surface area contributed by atoms with Crippen LogP contribution in [0.2, 0.25) is 5.02 Å². The molecule has 3 aromatic carbocycles. The van der Waals surface area contributed by atoms with Gasteiger partial charge in [-0.2, -0.15) is 4.98 Å². The number of benzene rings is 3. The molecule has 1 atom stereocenters. The van der Waals surface area contributed by atoms with Gasteiger partial charge in [0.2, 0.25) is 11.1 Å². The van der Waals surface area contributed by atoms with Gasteiger partial charge >= 0.3 is 0 Å². The maximum absolute atomic E-state index is 14.0. The fourth-order valence-electron chi connectivity index (χ4n) is 4.99. The van der Waals surface area contributed by atoms with Gasteiger partial charge in [-0.15, -0.1) is 5.10 Å². The molecule has 1 aromatic heterocycles. The summed E-state index contributed by atoms with van der Waals surface area (Å²) in [5.74, 6) is 2.22. The second-order valence-electron chi connectivity index (χ2n) is 10.4. The van der Waals surface area contributed by atoms with Crippen molar-refractivity contribution < 1.29 is 14.3 Å². The molecule has 1 amide bonds. The van der Waals surface area contributed by atoms with Gasteiger partial charge in [0.25, 0.3) is 5.91 Å². The molecule has 0 radical (unpaired) electrons. The number of hydrogen-bond donors (Lipinski definition) is 2. The number of aromatic nitrogens is 3. The molecule has 0 aliphatic carbocycles. The number of nitrogens with one attached hydrogen (secondary N) is 2. The molecule has 1 unspecified atom stereocenters. The Morgan fingerprint density at radius 2 is 1.86 bits per heavy atom. The van der Waals surface area contributed by atoms with E-state index in [0.717, 1.165) is 34.4 Å². The van der Waals surface area contributed by atoms with Gasteiger partial charge in [0.1, 0.15) is 6.04 Å². The molecule has 10 heteroatoms. The van der Waals surface area contributed by atoms with Gasteiger partial charge in [-0.05, 0) is 75.1 Å². The van der Waals surface area contributed by atoms with Crippen LogP contribution < -0.4 is 20.1 Å². The molecule has 0 saturated heterocycles. The SMILES string of the molecule is CCCOc1ccc(C2C(C(=O)Nc3ccc(C)cc3C)=C(C)Nc3nc(SCc4ccccc4Cl)nn32)cc1OCC. The van der Waals surface area contributed by atoms with E-state index in [0.29, 0.717) is 57.9 Å². The molecule has 5 rings (SSSR count). The normalized spacial score (nSPS) is 14.2. The van der Waals surface area contributed by atoms with E-state index >= 15 is 0 Å². The predicted molar refractivity (Wildman–Crippen MR) is 173 cm³/mol. The summed E-state index contributed by atoms with van der Waals surface area (Å²) < 4.78 is 13.7. The maximum Gasteiger partial charge on any atom is 0.255 e. The van der Waals surface area contributed by atoms with Crippen molar-refractivity contribution in [2.24, 2.45) is 0 Å². The van der Waals surface area contributed by atoms with Crippen LogP contribution in [-0.2, 0) is 10.5 Å². The molecule has 0 bridgehead atoms. The smallest absolute Gasteiger partial charge is 0.255 e. The molecule has 0 spiro atoms. The van der Waals surface area contributed by atoms with Crippen LogP contribution >= 0.6 is 23.4 Å². The van der Waals surface area contributed by atoms with E-state index in [2.05, 4.69) is 23.6 Å². The number of halogens is 1. The van der Waals surface area contributed by atoms with Crippen LogP contribution in [0.25, 0.3) is 0 Å². The Kier molecular flexibility index (Phi) is 9.62. The molecule has 2 N–H and O–H groups in total. The monoisotopic (exact) mass is 617 g/mol. The topological polar surface area (TPSA) is 90.3 Å². The number of rotatable bonds is 11. The molecule has 4 aromatic rings. The molecule has 2 heterocycles. The second kappa shape index (κ2) is 13.6. The summed E-state index contributed by atoms with van der Waals surface area (Å²) in [6.45, 7) is 11.0. The molecule has 1 aliphatic heterocycles. The quantitative estimate of drug-likeness (QED) is 0.165. The first-order valence-corrected chi connectivity index (χ1v) is 15.7. The highest BCUT2D eigenvalue weighted by molar-refractivity contribution is 7.98. The average molecular weight is 618 g/mol. The molecule has 0 fully saturated rings. The summed E-state index contributed by atoms with van der Waals surface area (Å²) in [4.78, 5) is 18.8. The lowest BCUT2D eigenvalue weighted by Crippen LogP contribution is -2.31. The van der Waals surface area contributed by atoms with E-state index in [4.69, 9.17) is 31.2 Å². The van der Waals surface area contributed by atoms with Gasteiger partial charge in [-0.1, -0.05) is 72.2 Å². The van der Waals surface area contributed by atoms with Crippen LogP contribution in [0.4, 0.5) is 11.6 Å². The number of amides is 1. The zero-order chi connectivity index (χ0) is 30.5. The summed E-state index contributed by atoms with van der Waals surface area (Å²) in [5, 5.41) is 12.6. The lowest BCUT2D eigenvalue weighted by molar-refractivity contribution is -0.113. The summed E-state index contributed by atoms with van der Waals surface area (Å²) in [5.41, 5.74) is 5.93. The van der Waals surface area contributed by atoms with Crippen LogP contribution in [-0.4, -0.2) is 33.9 Å². The lowest BCUT2D eigenvalue weighted by atomic mass is 9.94. The maximum atomic E-state index is 14.0. The minimum atomic E-state index is -0.566. The number of aryl methyl sites for hydroxylation is 2. The number of carbonyl (C=O) groups is 1. The number of nitrogens with zero attached hydrogens (tertiary/aromatic N) is 3. The molecule has 0 saturated carbocycles. The largest absolute Gasteiger partial charge is 0.490 e. The second-order valence-corrected chi connectivity index (χ2v) is 11.7. The van der Waals surface area contributed by atoms with E-state index < -0.39 is 6.04 Å². The van der Waals surface area contributed by atoms with E-state index in [9.17, 15) is 4.79 Å². The molecular formula is C33H36ClN5O3S. The molecule has 43 heavy (non-hydrogen) atoms. The van der Waals surface area contributed by atoms with Crippen LogP contribution in [0.3, 0.4) is 0 Å². The fourth-order valence-corrected chi connectivity index (χ4v) is 6.11. The first kappa shape index (κ1) is 30.5. The highest BCUT2D eigenvalue weighted by atomic mass is 35.5. The Labute approximate surface area is 261 Å². The lowest BCUT2D eigenvalue weighted by Gasteiger charge is -2.29. The Bertz CT molecular complexity index is 1670. The Morgan fingerprint density at radius 3 is 2.60 bits per heavy atom. The van der Waals surface area contributed by atoms with Crippen molar-refractivity contribution >= 4 is 40.9 Å². The standard InChI is InChI=1S/C33H36ClN5O3S/c1-6-16-42-27-15-13-23(18-28(27)41-7-2)30-29(31(40)36-26-14-12-20(3)17-21(26)4)22(5)35-32-37-33(38-39(30)32)43-19-24-10-8-9-11-25(24)34/h8-15,17-18,30H,6-7,16,19H2,1-5H3,(H,36,40)(H,35,37,38). The molecular weight excluding hydrogens is 582 g/mol. The summed E-state index contributed by atoms with van der Waals surface area (Å²) in [6, 6.07) is 18.9. The van der Waals surface area contributed by atoms with Crippen molar-refractivity contribution in [3.05, 3.63) is 99.2 Å². The Balaban J connectivity index is 1.55. The molecule has 224 valence electrons. The van der Waals surface area contributed by atoms with Crippen molar-refractivity contribution in [1.29, 1.82) is 0 Å². The minimum Gasteiger partial charge on any atom is -0.490 e. The number of anilines is 2. The molecule has 1 aliphatic rings. The van der Waals surface area contributed by atoms with Gasteiger partial charge in [0.15, 0.2) is 11.5 Å². The van der Waals surface area contributed by atoms with Crippen molar-refractivity contribution in [3.8, 4) is 11.5 Å². The summed E-state index contributed by atoms with van der Waals surface area (Å²) >= 11 is 7.88. The van der Waals surface area contributed by atoms with E-state index in [-0.39, 0.29) is 5.91 Å². The van der Waals surface area contributed by atoms with Gasteiger partial charge in [-0.3, -0.25) is 4.79 Å². The van der Waals surface area contributed by atoms with E-state index in [1.54, 1.807) is 4.68 Å². The number of allylic oxidation sites excluding steroid dienone is 1. The van der Waals surface area contributed by atoms with E-state index in [1.807, 2.05) is 82.3 Å². The van der Waals surface area contributed by atoms with Crippen LogP contribution in [0.5, 0.6) is 11.5 Å². The Hall–Kier alpha value is -3.95. The minimum absolute atomic E-state index is 0.224. The number of ether oxygens (including phenoxy) is 2. The van der Waals surface area contributed by atoms with Crippen molar-refractivity contribution in [1.82, 2.24) is 14.8 Å². The average Bonchev–Trinajstić information content (AvgIpc) is 3.39. The summed E-state index contributed by atoms with van der Waals surface area (Å²) in [6.07, 6.45) is 0.878. The third-order valence-electron chi connectivity index (χ3n) is 7.07. The van der Waals surface area contributed by atoms with Crippen molar-refractivity contribution in [2.75, 3.05) is 23.8 Å². The predicted octanol–water partition coefficient (Wildman–Crippen LogP) is 7.96.